The summed E-state index contributed by atoms with van der Waals surface area (Å²) < 4.78 is 6.57. The van der Waals surface area contributed by atoms with E-state index in [4.69, 9.17) is 4.74 Å². The van der Waals surface area contributed by atoms with Gasteiger partial charge < -0.3 is 10.1 Å². The molecule has 0 unspecified atom stereocenters. The second-order valence-corrected chi connectivity index (χ2v) is 6.73. The van der Waals surface area contributed by atoms with Crippen LogP contribution in [0.3, 0.4) is 0 Å². The molecule has 154 valence electrons. The molecule has 0 aliphatic carbocycles. The molecule has 1 amide bonds. The van der Waals surface area contributed by atoms with E-state index in [0.29, 0.717) is 17.8 Å². The first-order valence-electron chi connectivity index (χ1n) is 9.77. The Morgan fingerprint density at radius 2 is 1.73 bits per heavy atom. The van der Waals surface area contributed by atoms with Gasteiger partial charge in [-0.1, -0.05) is 43.7 Å². The summed E-state index contributed by atoms with van der Waals surface area (Å²) in [7, 11) is 0. The SMILES string of the molecule is CCCCn1nc(C(=O)OCc2ccc(C(=O)Nc3ccccc3)cc2)ccc1=O. The molecule has 0 saturated heterocycles. The Bertz CT molecular complexity index is 1060. The van der Waals surface area contributed by atoms with E-state index in [9.17, 15) is 14.4 Å². The lowest BCUT2D eigenvalue weighted by Gasteiger charge is -2.08. The number of hydrogen-bond donors (Lipinski definition) is 1. The number of amides is 1. The van der Waals surface area contributed by atoms with Crippen molar-refractivity contribution in [1.29, 1.82) is 0 Å². The number of aromatic nitrogens is 2. The van der Waals surface area contributed by atoms with Gasteiger partial charge in [-0.25, -0.2) is 9.48 Å². The number of nitrogens with zero attached hydrogens (tertiary/aromatic N) is 2. The van der Waals surface area contributed by atoms with Crippen molar-refractivity contribution in [3.8, 4) is 0 Å². The van der Waals surface area contributed by atoms with Crippen molar-refractivity contribution in [3.05, 3.63) is 93.9 Å². The van der Waals surface area contributed by atoms with Gasteiger partial charge in [-0.3, -0.25) is 9.59 Å². The summed E-state index contributed by atoms with van der Waals surface area (Å²) in [6.07, 6.45) is 1.72. The van der Waals surface area contributed by atoms with Gasteiger partial charge in [-0.2, -0.15) is 5.10 Å². The lowest BCUT2D eigenvalue weighted by molar-refractivity contribution is 0.0462. The zero-order valence-corrected chi connectivity index (χ0v) is 16.7. The number of ether oxygens (including phenoxy) is 1. The lowest BCUT2D eigenvalue weighted by atomic mass is 10.1. The van der Waals surface area contributed by atoms with Crippen LogP contribution in [0, 0.1) is 0 Å². The van der Waals surface area contributed by atoms with Crippen LogP contribution >= 0.6 is 0 Å². The van der Waals surface area contributed by atoms with E-state index in [1.54, 1.807) is 24.3 Å². The number of aryl methyl sites for hydroxylation is 1. The molecular formula is C23H23N3O4. The van der Waals surface area contributed by atoms with Crippen molar-refractivity contribution in [2.45, 2.75) is 32.9 Å². The third-order valence-electron chi connectivity index (χ3n) is 4.42. The van der Waals surface area contributed by atoms with E-state index in [1.165, 1.54) is 16.8 Å². The van der Waals surface area contributed by atoms with Crippen molar-refractivity contribution in [2.75, 3.05) is 5.32 Å². The second-order valence-electron chi connectivity index (χ2n) is 6.73. The minimum absolute atomic E-state index is 0.0369. The molecule has 30 heavy (non-hydrogen) atoms. The average Bonchev–Trinajstić information content (AvgIpc) is 2.78. The number of benzene rings is 2. The van der Waals surface area contributed by atoms with E-state index >= 15 is 0 Å². The van der Waals surface area contributed by atoms with Crippen LogP contribution in [0.1, 0.15) is 46.2 Å². The minimum atomic E-state index is -0.605. The predicted octanol–water partition coefficient (Wildman–Crippen LogP) is 3.65. The highest BCUT2D eigenvalue weighted by Gasteiger charge is 2.12. The van der Waals surface area contributed by atoms with Crippen LogP contribution in [0.25, 0.3) is 0 Å². The first-order chi connectivity index (χ1) is 14.6. The normalized spacial score (nSPS) is 10.4. The van der Waals surface area contributed by atoms with Gasteiger partial charge in [0.05, 0.1) is 0 Å². The summed E-state index contributed by atoms with van der Waals surface area (Å²) >= 11 is 0. The number of para-hydroxylation sites is 1. The lowest BCUT2D eigenvalue weighted by Crippen LogP contribution is -2.25. The van der Waals surface area contributed by atoms with Crippen molar-refractivity contribution in [3.63, 3.8) is 0 Å². The topological polar surface area (TPSA) is 90.3 Å². The maximum atomic E-state index is 12.3. The van der Waals surface area contributed by atoms with Gasteiger partial charge in [0.2, 0.25) is 0 Å². The van der Waals surface area contributed by atoms with Crippen LogP contribution in [0.5, 0.6) is 0 Å². The Hall–Kier alpha value is -3.74. The molecule has 7 heteroatoms. The van der Waals surface area contributed by atoms with E-state index in [1.807, 2.05) is 37.3 Å². The van der Waals surface area contributed by atoms with Crippen LogP contribution in [-0.4, -0.2) is 21.7 Å². The first-order valence-corrected chi connectivity index (χ1v) is 9.77. The summed E-state index contributed by atoms with van der Waals surface area (Å²) in [6.45, 7) is 2.51. The number of carbonyl (C=O) groups is 2. The van der Waals surface area contributed by atoms with Crippen LogP contribution < -0.4 is 10.9 Å². The maximum absolute atomic E-state index is 12.3. The third kappa shape index (κ3) is 5.64. The van der Waals surface area contributed by atoms with E-state index in [-0.39, 0.29) is 23.8 Å². The van der Waals surface area contributed by atoms with Crippen molar-refractivity contribution in [1.82, 2.24) is 9.78 Å². The fourth-order valence-corrected chi connectivity index (χ4v) is 2.73. The van der Waals surface area contributed by atoms with Crippen molar-refractivity contribution < 1.29 is 14.3 Å². The van der Waals surface area contributed by atoms with Crippen LogP contribution in [0.2, 0.25) is 0 Å². The number of unbranched alkanes of at least 4 members (excludes halogenated alkanes) is 1. The molecule has 0 aliphatic rings. The summed E-state index contributed by atoms with van der Waals surface area (Å²) in [5.74, 6) is -0.825. The third-order valence-corrected chi connectivity index (χ3v) is 4.42. The van der Waals surface area contributed by atoms with Gasteiger partial charge in [-0.05, 0) is 42.3 Å². The Morgan fingerprint density at radius 3 is 2.43 bits per heavy atom. The molecule has 3 rings (SSSR count). The number of carbonyl (C=O) groups excluding carboxylic acids is 2. The summed E-state index contributed by atoms with van der Waals surface area (Å²) in [5, 5.41) is 6.89. The number of anilines is 1. The molecule has 0 spiro atoms. The van der Waals surface area contributed by atoms with Crippen molar-refractivity contribution in [2.24, 2.45) is 0 Å². The Kier molecular flexibility index (Phi) is 7.10. The van der Waals surface area contributed by atoms with Gasteiger partial charge in [0.15, 0.2) is 5.69 Å². The number of hydrogen-bond acceptors (Lipinski definition) is 5. The number of esters is 1. The molecule has 7 nitrogen and oxygen atoms in total. The molecule has 1 aromatic heterocycles. The maximum Gasteiger partial charge on any atom is 0.359 e. The zero-order valence-electron chi connectivity index (χ0n) is 16.7. The standard InChI is InChI=1S/C23H23N3O4/c1-2-3-15-26-21(27)14-13-20(25-26)23(29)30-16-17-9-11-18(12-10-17)22(28)24-19-7-5-4-6-8-19/h4-14H,2-3,15-16H2,1H3,(H,24,28). The second kappa shape index (κ2) is 10.2. The largest absolute Gasteiger partial charge is 0.456 e. The monoisotopic (exact) mass is 405 g/mol. The van der Waals surface area contributed by atoms with Crippen LogP contribution in [0.4, 0.5) is 5.69 Å². The fourth-order valence-electron chi connectivity index (χ4n) is 2.73. The zero-order chi connectivity index (χ0) is 21.3. The van der Waals surface area contributed by atoms with Gasteiger partial charge >= 0.3 is 5.97 Å². The van der Waals surface area contributed by atoms with Gasteiger partial charge in [0.1, 0.15) is 6.61 Å². The fraction of sp³-hybridized carbons (Fsp3) is 0.217. The molecule has 0 fully saturated rings. The summed E-state index contributed by atoms with van der Waals surface area (Å²) in [6, 6.07) is 18.7. The van der Waals surface area contributed by atoms with E-state index in [0.717, 1.165) is 18.4 Å². The summed E-state index contributed by atoms with van der Waals surface area (Å²) in [5.41, 5.74) is 1.79. The smallest absolute Gasteiger partial charge is 0.359 e. The molecule has 0 aliphatic heterocycles. The number of nitrogens with one attached hydrogen (secondary N) is 1. The Labute approximate surface area is 174 Å². The van der Waals surface area contributed by atoms with Gasteiger partial charge in [0, 0.05) is 23.9 Å². The minimum Gasteiger partial charge on any atom is -0.456 e. The van der Waals surface area contributed by atoms with Gasteiger partial charge in [-0.15, -0.1) is 0 Å². The quantitative estimate of drug-likeness (QED) is 0.578. The molecule has 0 atom stereocenters. The molecule has 0 saturated carbocycles. The highest BCUT2D eigenvalue weighted by atomic mass is 16.5. The molecule has 2 aromatic carbocycles. The van der Waals surface area contributed by atoms with E-state index in [2.05, 4.69) is 10.4 Å². The molecular weight excluding hydrogens is 382 g/mol. The van der Waals surface area contributed by atoms with Gasteiger partial charge in [0.25, 0.3) is 11.5 Å². The predicted molar refractivity (Wildman–Crippen MR) is 113 cm³/mol. The first kappa shape index (κ1) is 21.0. The Balaban J connectivity index is 1.57. The average molecular weight is 405 g/mol. The highest BCUT2D eigenvalue weighted by Crippen LogP contribution is 2.11. The molecule has 3 aromatic rings. The molecule has 1 heterocycles. The number of rotatable bonds is 8. The van der Waals surface area contributed by atoms with Crippen molar-refractivity contribution >= 4 is 17.6 Å². The summed E-state index contributed by atoms with van der Waals surface area (Å²) in [4.78, 5) is 36.3. The Morgan fingerprint density at radius 1 is 1.00 bits per heavy atom. The van der Waals surface area contributed by atoms with Crippen LogP contribution in [-0.2, 0) is 17.9 Å². The molecule has 0 radical (unpaired) electrons. The molecule has 0 bridgehead atoms. The van der Waals surface area contributed by atoms with E-state index < -0.39 is 5.97 Å². The van der Waals surface area contributed by atoms with Crippen LogP contribution in [0.15, 0.2) is 71.5 Å². The molecule has 1 N–H and O–H groups in total. The highest BCUT2D eigenvalue weighted by molar-refractivity contribution is 6.04.